The van der Waals surface area contributed by atoms with Crippen LogP contribution in [-0.4, -0.2) is 86.0 Å². The molecule has 6 rings (SSSR count). The lowest BCUT2D eigenvalue weighted by Gasteiger charge is -2.45. The first-order valence-corrected chi connectivity index (χ1v) is 14.8. The second-order valence-electron chi connectivity index (χ2n) is 12.4. The molecule has 5 aliphatic rings. The molecule has 2 fully saturated rings. The van der Waals surface area contributed by atoms with E-state index >= 15 is 0 Å². The quantitative estimate of drug-likeness (QED) is 0.288. The van der Waals surface area contributed by atoms with E-state index in [9.17, 15) is 34.8 Å². The number of amides is 1. The molecular weight excluding hydrogens is 550 g/mol. The first-order valence-electron chi connectivity index (χ1n) is 14.5. The van der Waals surface area contributed by atoms with E-state index in [0.717, 1.165) is 38.3 Å². The fourth-order valence-electron chi connectivity index (χ4n) is 7.27. The van der Waals surface area contributed by atoms with Gasteiger partial charge >= 0.3 is 0 Å². The maximum Gasteiger partial charge on any atom is 0.255 e. The van der Waals surface area contributed by atoms with Crippen LogP contribution in [-0.2, 0) is 22.6 Å². The molecule has 1 aromatic rings. The summed E-state index contributed by atoms with van der Waals surface area (Å²) >= 11 is 6.94. The molecule has 1 aromatic carbocycles. The Morgan fingerprint density at radius 3 is 2.51 bits per heavy atom. The van der Waals surface area contributed by atoms with Crippen LogP contribution in [0.3, 0.4) is 0 Å². The number of phenols is 1. The number of aliphatic hydroxyl groups is 3. The Labute approximate surface area is 243 Å². The molecule has 0 radical (unpaired) electrons. The van der Waals surface area contributed by atoms with Crippen LogP contribution in [0, 0.1) is 17.8 Å². The third-order valence-electron chi connectivity index (χ3n) is 9.61. The maximum atomic E-state index is 13.7. The van der Waals surface area contributed by atoms with Crippen LogP contribution in [0.25, 0.3) is 0 Å². The van der Waals surface area contributed by atoms with Gasteiger partial charge in [-0.15, -0.1) is 0 Å². The number of fused-ring (bicyclic) bond motifs is 3. The van der Waals surface area contributed by atoms with E-state index in [0.29, 0.717) is 23.0 Å². The number of hydrogen-bond donors (Lipinski definition) is 5. The third-order valence-corrected chi connectivity index (χ3v) is 10.1. The second kappa shape index (κ2) is 10.4. The highest BCUT2D eigenvalue weighted by Crippen LogP contribution is 2.52. The van der Waals surface area contributed by atoms with Crippen molar-refractivity contribution in [3.8, 4) is 5.75 Å². The van der Waals surface area contributed by atoms with Crippen molar-refractivity contribution in [2.24, 2.45) is 23.5 Å². The van der Waals surface area contributed by atoms with E-state index < -0.39 is 52.0 Å². The SMILES string of the molecule is NC(=O)C1=C(O)C[C@@H]2CC3Cc4c(Cl)c(CN(CCN5CCCC5)CC5CC5)cc(O)c4C(=O)C3=C(O)[C@]2(O)C1=O. The summed E-state index contributed by atoms with van der Waals surface area (Å²) in [5.74, 6) is -5.78. The lowest BCUT2D eigenvalue weighted by atomic mass is 9.60. The molecule has 1 aliphatic heterocycles. The minimum Gasteiger partial charge on any atom is -0.511 e. The summed E-state index contributed by atoms with van der Waals surface area (Å²) in [6.45, 7) is 5.56. The van der Waals surface area contributed by atoms with E-state index in [-0.39, 0.29) is 36.1 Å². The zero-order chi connectivity index (χ0) is 29.2. The summed E-state index contributed by atoms with van der Waals surface area (Å²) in [5.41, 5.74) is 2.86. The average Bonchev–Trinajstić information content (AvgIpc) is 3.57. The molecule has 1 saturated carbocycles. The van der Waals surface area contributed by atoms with Gasteiger partial charge in [-0.05, 0) is 80.6 Å². The van der Waals surface area contributed by atoms with Gasteiger partial charge < -0.3 is 31.1 Å². The van der Waals surface area contributed by atoms with Crippen molar-refractivity contribution >= 4 is 29.1 Å². The molecule has 220 valence electrons. The number of carbonyl (C=O) groups is 3. The van der Waals surface area contributed by atoms with Gasteiger partial charge in [0.2, 0.25) is 5.78 Å². The monoisotopic (exact) mass is 585 g/mol. The van der Waals surface area contributed by atoms with Crippen molar-refractivity contribution in [2.45, 2.75) is 57.1 Å². The summed E-state index contributed by atoms with van der Waals surface area (Å²) in [5, 5.41) is 44.4. The van der Waals surface area contributed by atoms with Gasteiger partial charge in [0.1, 0.15) is 22.8 Å². The topological polar surface area (TPSA) is 165 Å². The number of halogens is 1. The molecule has 4 aliphatic carbocycles. The number of nitrogens with two attached hydrogens (primary N) is 1. The van der Waals surface area contributed by atoms with Crippen LogP contribution in [0.4, 0.5) is 0 Å². The summed E-state index contributed by atoms with van der Waals surface area (Å²) in [7, 11) is 0. The zero-order valence-electron chi connectivity index (χ0n) is 22.9. The number of aliphatic hydroxyl groups excluding tert-OH is 2. The molecule has 0 bridgehead atoms. The predicted molar refractivity (Wildman–Crippen MR) is 150 cm³/mol. The Hall–Kier alpha value is -2.92. The standard InChI is InChI=1S/C30H36ClN3O7/c31-25-17(14-34(13-15-3-4-15)8-7-33-5-1-2-6-33)11-20(35)23-19(25)10-16-9-18-12-21(36)24(29(32)40)28(39)30(18,41)27(38)22(16)26(23)37/h11,15-16,18,35-36,38,41H,1-10,12-14H2,(H2,32,40)/t16?,18-,30-/m0/s1. The maximum absolute atomic E-state index is 13.7. The van der Waals surface area contributed by atoms with Crippen LogP contribution in [0.2, 0.25) is 5.02 Å². The fraction of sp³-hybridized carbons (Fsp3) is 0.567. The zero-order valence-corrected chi connectivity index (χ0v) is 23.6. The molecule has 10 nitrogen and oxygen atoms in total. The highest BCUT2D eigenvalue weighted by Gasteiger charge is 2.59. The number of likely N-dealkylation sites (tertiary alicyclic amines) is 1. The Morgan fingerprint density at radius 2 is 1.85 bits per heavy atom. The highest BCUT2D eigenvalue weighted by molar-refractivity contribution is 6.33. The van der Waals surface area contributed by atoms with Crippen molar-refractivity contribution in [3.05, 3.63) is 50.4 Å². The molecule has 6 N–H and O–H groups in total. The Bertz CT molecular complexity index is 1390. The van der Waals surface area contributed by atoms with Gasteiger partial charge in [-0.2, -0.15) is 0 Å². The summed E-state index contributed by atoms with van der Waals surface area (Å²) in [4.78, 5) is 43.5. The van der Waals surface area contributed by atoms with E-state index in [1.165, 1.54) is 31.7 Å². The molecule has 1 unspecified atom stereocenters. The largest absolute Gasteiger partial charge is 0.511 e. The van der Waals surface area contributed by atoms with Gasteiger partial charge in [0, 0.05) is 49.1 Å². The number of nitrogens with zero attached hydrogens (tertiary/aromatic N) is 2. The second-order valence-corrected chi connectivity index (χ2v) is 12.7. The van der Waals surface area contributed by atoms with Crippen LogP contribution < -0.4 is 5.73 Å². The number of rotatable bonds is 8. The number of aromatic hydroxyl groups is 1. The van der Waals surface area contributed by atoms with Gasteiger partial charge in [-0.1, -0.05) is 11.6 Å². The highest BCUT2D eigenvalue weighted by atomic mass is 35.5. The molecule has 1 saturated heterocycles. The number of allylic oxidation sites excluding steroid dienone is 2. The fourth-order valence-corrected chi connectivity index (χ4v) is 7.55. The van der Waals surface area contributed by atoms with Crippen LogP contribution >= 0.6 is 11.6 Å². The number of carbonyl (C=O) groups excluding carboxylic acids is 3. The number of Topliss-reactive ketones (excluding diaryl/α,β-unsaturated/α-hetero) is 2. The number of primary amides is 1. The Kier molecular flexibility index (Phi) is 7.17. The van der Waals surface area contributed by atoms with Crippen molar-refractivity contribution in [1.82, 2.24) is 9.80 Å². The van der Waals surface area contributed by atoms with Crippen molar-refractivity contribution in [2.75, 3.05) is 32.7 Å². The summed E-state index contributed by atoms with van der Waals surface area (Å²) < 4.78 is 0. The van der Waals surface area contributed by atoms with Crippen molar-refractivity contribution in [1.29, 1.82) is 0 Å². The van der Waals surface area contributed by atoms with E-state index in [4.69, 9.17) is 17.3 Å². The van der Waals surface area contributed by atoms with E-state index in [2.05, 4.69) is 9.80 Å². The normalized spacial score (nSPS) is 28.3. The van der Waals surface area contributed by atoms with Gasteiger partial charge in [-0.3, -0.25) is 19.3 Å². The van der Waals surface area contributed by atoms with Gasteiger partial charge in [-0.25, -0.2) is 0 Å². The van der Waals surface area contributed by atoms with Crippen LogP contribution in [0.1, 0.15) is 60.0 Å². The minimum atomic E-state index is -2.58. The third kappa shape index (κ3) is 4.74. The Balaban J connectivity index is 1.32. The van der Waals surface area contributed by atoms with E-state index in [1.807, 2.05) is 0 Å². The lowest BCUT2D eigenvalue weighted by Crippen LogP contribution is -2.57. The first kappa shape index (κ1) is 28.2. The molecule has 0 spiro atoms. The van der Waals surface area contributed by atoms with Crippen LogP contribution in [0.5, 0.6) is 5.75 Å². The number of hydrogen-bond acceptors (Lipinski definition) is 9. The van der Waals surface area contributed by atoms with Crippen molar-refractivity contribution < 1.29 is 34.8 Å². The average molecular weight is 586 g/mol. The number of phenolic OH excluding ortho intramolecular Hbond substituents is 1. The first-order chi connectivity index (χ1) is 19.5. The number of ketones is 2. The Morgan fingerprint density at radius 1 is 1.15 bits per heavy atom. The molecule has 3 atom stereocenters. The lowest BCUT2D eigenvalue weighted by molar-refractivity contribution is -0.144. The van der Waals surface area contributed by atoms with Gasteiger partial charge in [0.25, 0.3) is 5.91 Å². The minimum absolute atomic E-state index is 0.0545. The molecule has 1 heterocycles. The molecular formula is C30H36ClN3O7. The predicted octanol–water partition coefficient (Wildman–Crippen LogP) is 2.54. The molecule has 41 heavy (non-hydrogen) atoms. The smallest absolute Gasteiger partial charge is 0.255 e. The summed E-state index contributed by atoms with van der Waals surface area (Å²) in [6.07, 6.45) is 4.88. The summed E-state index contributed by atoms with van der Waals surface area (Å²) in [6, 6.07) is 1.50. The molecule has 0 aromatic heterocycles. The molecule has 1 amide bonds. The molecule has 11 heteroatoms. The van der Waals surface area contributed by atoms with Gasteiger partial charge in [0.15, 0.2) is 11.4 Å². The van der Waals surface area contributed by atoms with Crippen LogP contribution in [0.15, 0.2) is 28.7 Å². The van der Waals surface area contributed by atoms with Crippen molar-refractivity contribution in [3.63, 3.8) is 0 Å². The van der Waals surface area contributed by atoms with Gasteiger partial charge in [0.05, 0.1) is 5.56 Å². The van der Waals surface area contributed by atoms with E-state index in [1.54, 1.807) is 0 Å². The number of benzene rings is 1.